The van der Waals surface area contributed by atoms with Gasteiger partial charge < -0.3 is 20.5 Å². The third-order valence-corrected chi connectivity index (χ3v) is 3.76. The Morgan fingerprint density at radius 2 is 2.05 bits per heavy atom. The number of carbonyl (C=O) groups is 2. The Balaban J connectivity index is 2.17. The molecule has 0 aromatic rings. The number of urea groups is 1. The molecule has 1 aliphatic rings. The average molecular weight is 286 g/mol. The number of nitrogens with one attached hydrogen (secondary N) is 2. The first kappa shape index (κ1) is 16.8. The molecule has 0 aromatic carbocycles. The van der Waals surface area contributed by atoms with E-state index in [0.717, 1.165) is 6.42 Å². The number of hydrogen-bond acceptors (Lipinski definition) is 3. The lowest BCUT2D eigenvalue weighted by Crippen LogP contribution is -2.46. The lowest BCUT2D eigenvalue weighted by atomic mass is 10.0. The Bertz CT molecular complexity index is 304. The molecule has 1 saturated carbocycles. The number of rotatable bonds is 9. The second kappa shape index (κ2) is 9.58. The molecule has 0 spiro atoms. The van der Waals surface area contributed by atoms with Crippen molar-refractivity contribution in [2.45, 2.75) is 51.0 Å². The summed E-state index contributed by atoms with van der Waals surface area (Å²) in [5.74, 6) is -0.292. The van der Waals surface area contributed by atoms with Crippen molar-refractivity contribution in [3.8, 4) is 0 Å². The molecule has 3 N–H and O–H groups in total. The zero-order chi connectivity index (χ0) is 14.8. The van der Waals surface area contributed by atoms with Gasteiger partial charge in [-0.1, -0.05) is 25.7 Å². The van der Waals surface area contributed by atoms with Crippen molar-refractivity contribution in [2.75, 3.05) is 20.3 Å². The van der Waals surface area contributed by atoms with Gasteiger partial charge in [-0.15, -0.1) is 0 Å². The van der Waals surface area contributed by atoms with Gasteiger partial charge in [0.2, 0.25) is 0 Å². The Labute approximate surface area is 120 Å². The van der Waals surface area contributed by atoms with Crippen molar-refractivity contribution in [3.05, 3.63) is 0 Å². The molecule has 20 heavy (non-hydrogen) atoms. The molecule has 0 radical (unpaired) electrons. The molecule has 0 aromatic heterocycles. The molecule has 1 rings (SSSR count). The molecule has 1 fully saturated rings. The second-order valence-corrected chi connectivity index (χ2v) is 5.37. The number of carboxylic acids is 1. The highest BCUT2D eigenvalue weighted by atomic mass is 16.5. The molecular weight excluding hydrogens is 260 g/mol. The van der Waals surface area contributed by atoms with Crippen LogP contribution in [-0.4, -0.2) is 43.4 Å². The summed E-state index contributed by atoms with van der Waals surface area (Å²) in [5, 5.41) is 14.3. The minimum Gasteiger partial charge on any atom is -0.480 e. The van der Waals surface area contributed by atoms with Crippen molar-refractivity contribution in [2.24, 2.45) is 5.92 Å². The van der Waals surface area contributed by atoms with Gasteiger partial charge in [-0.05, 0) is 25.2 Å². The highest BCUT2D eigenvalue weighted by molar-refractivity contribution is 5.82. The molecule has 6 heteroatoms. The maximum Gasteiger partial charge on any atom is 0.326 e. The smallest absolute Gasteiger partial charge is 0.326 e. The normalized spacial score (nSPS) is 16.9. The van der Waals surface area contributed by atoms with Crippen LogP contribution in [0.4, 0.5) is 4.79 Å². The molecule has 0 heterocycles. The van der Waals surface area contributed by atoms with E-state index in [0.29, 0.717) is 31.9 Å². The third kappa shape index (κ3) is 6.75. The predicted octanol–water partition coefficient (Wildman–Crippen LogP) is 1.75. The van der Waals surface area contributed by atoms with E-state index < -0.39 is 18.0 Å². The maximum atomic E-state index is 11.6. The minimum atomic E-state index is -1.01. The van der Waals surface area contributed by atoms with Crippen LogP contribution in [0.25, 0.3) is 0 Å². The number of methoxy groups -OCH3 is 1. The van der Waals surface area contributed by atoms with E-state index in [1.54, 1.807) is 7.11 Å². The zero-order valence-corrected chi connectivity index (χ0v) is 12.2. The third-order valence-electron chi connectivity index (χ3n) is 3.76. The van der Waals surface area contributed by atoms with Gasteiger partial charge in [0, 0.05) is 20.3 Å². The second-order valence-electron chi connectivity index (χ2n) is 5.37. The van der Waals surface area contributed by atoms with E-state index >= 15 is 0 Å². The quantitative estimate of drug-likeness (QED) is 0.563. The summed E-state index contributed by atoms with van der Waals surface area (Å²) in [5.41, 5.74) is 0. The van der Waals surface area contributed by atoms with Crippen LogP contribution in [-0.2, 0) is 9.53 Å². The van der Waals surface area contributed by atoms with Crippen LogP contribution in [0.2, 0.25) is 0 Å². The fourth-order valence-electron chi connectivity index (χ4n) is 2.59. The van der Waals surface area contributed by atoms with Gasteiger partial charge in [0.15, 0.2) is 0 Å². The fraction of sp³-hybridized carbons (Fsp3) is 0.857. The van der Waals surface area contributed by atoms with Crippen molar-refractivity contribution in [1.29, 1.82) is 0 Å². The van der Waals surface area contributed by atoms with Crippen LogP contribution in [0.1, 0.15) is 44.9 Å². The van der Waals surface area contributed by atoms with E-state index in [4.69, 9.17) is 9.84 Å². The number of carboxylic acid groups (broad SMARTS) is 1. The van der Waals surface area contributed by atoms with Crippen molar-refractivity contribution >= 4 is 12.0 Å². The molecule has 116 valence electrons. The lowest BCUT2D eigenvalue weighted by Gasteiger charge is -2.15. The van der Waals surface area contributed by atoms with Crippen LogP contribution >= 0.6 is 0 Å². The summed E-state index contributed by atoms with van der Waals surface area (Å²) < 4.78 is 4.88. The minimum absolute atomic E-state index is 0.374. The van der Waals surface area contributed by atoms with Crippen LogP contribution in [0.15, 0.2) is 0 Å². The largest absolute Gasteiger partial charge is 0.480 e. The van der Waals surface area contributed by atoms with E-state index in [-0.39, 0.29) is 0 Å². The van der Waals surface area contributed by atoms with Gasteiger partial charge >= 0.3 is 12.0 Å². The summed E-state index contributed by atoms with van der Waals surface area (Å²) in [4.78, 5) is 22.7. The number of amides is 2. The molecule has 6 nitrogen and oxygen atoms in total. The Morgan fingerprint density at radius 1 is 1.35 bits per heavy atom. The van der Waals surface area contributed by atoms with E-state index in [9.17, 15) is 9.59 Å². The number of hydrogen-bond donors (Lipinski definition) is 3. The van der Waals surface area contributed by atoms with Crippen LogP contribution in [0.5, 0.6) is 0 Å². The topological polar surface area (TPSA) is 87.7 Å². The summed E-state index contributed by atoms with van der Waals surface area (Å²) in [7, 11) is 1.57. The molecule has 0 saturated heterocycles. The highest BCUT2D eigenvalue weighted by Gasteiger charge is 2.19. The predicted molar refractivity (Wildman–Crippen MR) is 75.6 cm³/mol. The van der Waals surface area contributed by atoms with Crippen molar-refractivity contribution in [3.63, 3.8) is 0 Å². The first-order valence-corrected chi connectivity index (χ1v) is 7.39. The molecule has 1 atom stereocenters. The Morgan fingerprint density at radius 3 is 2.65 bits per heavy atom. The van der Waals surface area contributed by atoms with Gasteiger partial charge in [0.05, 0.1) is 0 Å². The van der Waals surface area contributed by atoms with E-state index in [1.807, 2.05) is 0 Å². The average Bonchev–Trinajstić information content (AvgIpc) is 2.91. The van der Waals surface area contributed by atoms with Gasteiger partial charge in [-0.3, -0.25) is 0 Å². The molecule has 0 bridgehead atoms. The number of ether oxygens (including phenoxy) is 1. The van der Waals surface area contributed by atoms with Gasteiger partial charge in [-0.2, -0.15) is 0 Å². The van der Waals surface area contributed by atoms with Gasteiger partial charge in [0.25, 0.3) is 0 Å². The zero-order valence-electron chi connectivity index (χ0n) is 12.2. The monoisotopic (exact) mass is 286 g/mol. The summed E-state index contributed by atoms with van der Waals surface area (Å²) in [6.45, 7) is 1.11. The summed E-state index contributed by atoms with van der Waals surface area (Å²) in [6, 6.07) is -1.25. The summed E-state index contributed by atoms with van der Waals surface area (Å²) in [6.07, 6.45) is 7.04. The highest BCUT2D eigenvalue weighted by Crippen LogP contribution is 2.26. The molecule has 1 unspecified atom stereocenters. The van der Waals surface area contributed by atoms with Crippen LogP contribution in [0, 0.1) is 5.92 Å². The lowest BCUT2D eigenvalue weighted by molar-refractivity contribution is -0.139. The first-order chi connectivity index (χ1) is 9.63. The van der Waals surface area contributed by atoms with Gasteiger partial charge in [-0.25, -0.2) is 9.59 Å². The van der Waals surface area contributed by atoms with E-state index in [2.05, 4.69) is 10.6 Å². The Kier molecular flexibility index (Phi) is 8.02. The van der Waals surface area contributed by atoms with Crippen molar-refractivity contribution in [1.82, 2.24) is 10.6 Å². The molecule has 2 amide bonds. The first-order valence-electron chi connectivity index (χ1n) is 7.39. The number of carbonyl (C=O) groups excluding carboxylic acids is 1. The van der Waals surface area contributed by atoms with Crippen molar-refractivity contribution < 1.29 is 19.4 Å². The SMILES string of the molecule is COCCCC(NC(=O)NCCC1CCCC1)C(=O)O. The fourth-order valence-corrected chi connectivity index (χ4v) is 2.59. The number of aliphatic carboxylic acids is 1. The van der Waals surface area contributed by atoms with Crippen LogP contribution in [0.3, 0.4) is 0 Å². The molecular formula is C14H26N2O4. The standard InChI is InChI=1S/C14H26N2O4/c1-20-10-4-7-12(13(17)18)16-14(19)15-9-8-11-5-2-3-6-11/h11-12H,2-10H2,1H3,(H,17,18)(H2,15,16,19). The Hall–Kier alpha value is -1.30. The van der Waals surface area contributed by atoms with E-state index in [1.165, 1.54) is 25.7 Å². The molecule has 1 aliphatic carbocycles. The van der Waals surface area contributed by atoms with Crippen LogP contribution < -0.4 is 10.6 Å². The summed E-state index contributed by atoms with van der Waals surface area (Å²) >= 11 is 0. The maximum absolute atomic E-state index is 11.6. The van der Waals surface area contributed by atoms with Gasteiger partial charge in [0.1, 0.15) is 6.04 Å². The molecule has 0 aliphatic heterocycles.